The summed E-state index contributed by atoms with van der Waals surface area (Å²) in [6.45, 7) is -0.341. The monoisotopic (exact) mass is 273 g/mol. The largest absolute Gasteiger partial charge is 0.384 e. The zero-order valence-corrected chi connectivity index (χ0v) is 10.7. The van der Waals surface area contributed by atoms with Crippen LogP contribution < -0.4 is 5.32 Å². The molecule has 1 aromatic carbocycles. The highest BCUT2D eigenvalue weighted by molar-refractivity contribution is 6.04. The summed E-state index contributed by atoms with van der Waals surface area (Å²) in [4.78, 5) is 12.0. The molecule has 20 heavy (non-hydrogen) atoms. The minimum atomic E-state index is -0.466. The van der Waals surface area contributed by atoms with E-state index in [1.54, 1.807) is 13.2 Å². The lowest BCUT2D eigenvalue weighted by Gasteiger charge is -2.06. The number of carbonyl (C=O) groups is 1. The molecule has 1 heterocycles. The van der Waals surface area contributed by atoms with E-state index in [0.717, 1.165) is 0 Å². The second kappa shape index (κ2) is 5.99. The number of benzene rings is 1. The summed E-state index contributed by atoms with van der Waals surface area (Å²) in [5.74, 6) is 4.18. The van der Waals surface area contributed by atoms with E-state index >= 15 is 0 Å². The van der Waals surface area contributed by atoms with Gasteiger partial charge < -0.3 is 10.4 Å². The van der Waals surface area contributed by atoms with Crippen LogP contribution in [0.4, 0.5) is 10.1 Å². The maximum atomic E-state index is 13.2. The van der Waals surface area contributed by atoms with Gasteiger partial charge in [-0.1, -0.05) is 11.8 Å². The van der Waals surface area contributed by atoms with Gasteiger partial charge in [-0.3, -0.25) is 9.48 Å². The van der Waals surface area contributed by atoms with Gasteiger partial charge in [0.25, 0.3) is 5.91 Å². The number of aryl methyl sites for hydroxylation is 1. The average Bonchev–Trinajstić information content (AvgIpc) is 2.85. The third-order valence-corrected chi connectivity index (χ3v) is 2.50. The van der Waals surface area contributed by atoms with E-state index in [0.29, 0.717) is 16.8 Å². The standard InChI is InChI=1S/C14H12FN3O2/c1-18-9-11(8-16-18)14(20)17-13-5-4-12(15)7-10(13)3-2-6-19/h4-5,7-9,19H,6H2,1H3,(H,17,20). The first kappa shape index (κ1) is 13.8. The zero-order chi connectivity index (χ0) is 14.5. The molecule has 0 atom stereocenters. The number of nitrogens with zero attached hydrogens (tertiary/aromatic N) is 2. The van der Waals surface area contributed by atoms with Crippen molar-refractivity contribution in [3.8, 4) is 11.8 Å². The van der Waals surface area contributed by atoms with Crippen LogP contribution in [0, 0.1) is 17.7 Å². The van der Waals surface area contributed by atoms with Crippen molar-refractivity contribution >= 4 is 11.6 Å². The van der Waals surface area contributed by atoms with Crippen LogP contribution in [0.15, 0.2) is 30.6 Å². The van der Waals surface area contributed by atoms with Crippen molar-refractivity contribution in [1.29, 1.82) is 0 Å². The van der Waals surface area contributed by atoms with E-state index in [1.807, 2.05) is 0 Å². The van der Waals surface area contributed by atoms with Gasteiger partial charge in [0.05, 0.1) is 23.0 Å². The molecule has 2 N–H and O–H groups in total. The van der Waals surface area contributed by atoms with Gasteiger partial charge in [0.2, 0.25) is 0 Å². The van der Waals surface area contributed by atoms with E-state index in [4.69, 9.17) is 5.11 Å². The van der Waals surface area contributed by atoms with Gasteiger partial charge in [-0.2, -0.15) is 5.10 Å². The topological polar surface area (TPSA) is 67.2 Å². The number of rotatable bonds is 2. The van der Waals surface area contributed by atoms with E-state index < -0.39 is 5.82 Å². The van der Waals surface area contributed by atoms with Crippen LogP contribution in [0.3, 0.4) is 0 Å². The normalized spacial score (nSPS) is 9.75. The zero-order valence-electron chi connectivity index (χ0n) is 10.7. The summed E-state index contributed by atoms with van der Waals surface area (Å²) in [5, 5.41) is 15.2. The molecule has 6 heteroatoms. The second-order valence-electron chi connectivity index (χ2n) is 4.01. The number of aliphatic hydroxyl groups excluding tert-OH is 1. The van der Waals surface area contributed by atoms with Gasteiger partial charge in [0, 0.05) is 13.2 Å². The number of hydrogen-bond donors (Lipinski definition) is 2. The Bertz CT molecular complexity index is 698. The van der Waals surface area contributed by atoms with Crippen LogP contribution in [-0.2, 0) is 7.05 Å². The fourth-order valence-corrected chi connectivity index (χ4v) is 1.60. The molecule has 0 aliphatic rings. The molecule has 102 valence electrons. The van der Waals surface area contributed by atoms with Crippen molar-refractivity contribution in [1.82, 2.24) is 9.78 Å². The summed E-state index contributed by atoms with van der Waals surface area (Å²) in [6, 6.07) is 3.84. The molecule has 0 spiro atoms. The van der Waals surface area contributed by atoms with Crippen LogP contribution in [0.1, 0.15) is 15.9 Å². The number of halogens is 1. The minimum absolute atomic E-state index is 0.302. The molecule has 0 fully saturated rings. The Morgan fingerprint density at radius 2 is 2.35 bits per heavy atom. The van der Waals surface area contributed by atoms with Crippen LogP contribution in [0.2, 0.25) is 0 Å². The number of aliphatic hydroxyl groups is 1. The Labute approximate surface area is 115 Å². The molecular weight excluding hydrogens is 261 g/mol. The van der Waals surface area contributed by atoms with Crippen LogP contribution in [0.25, 0.3) is 0 Å². The number of amides is 1. The van der Waals surface area contributed by atoms with E-state index in [2.05, 4.69) is 22.3 Å². The molecule has 0 radical (unpaired) electrons. The molecule has 0 bridgehead atoms. The first-order chi connectivity index (χ1) is 9.60. The molecular formula is C14H12FN3O2. The van der Waals surface area contributed by atoms with Crippen molar-refractivity contribution in [2.45, 2.75) is 0 Å². The summed E-state index contributed by atoms with van der Waals surface area (Å²) in [6.07, 6.45) is 3.00. The SMILES string of the molecule is Cn1cc(C(=O)Nc2ccc(F)cc2C#CCO)cn1. The molecule has 1 aromatic heterocycles. The molecule has 5 nitrogen and oxygen atoms in total. The third-order valence-electron chi connectivity index (χ3n) is 2.50. The number of carbonyl (C=O) groups excluding carboxylic acids is 1. The van der Waals surface area contributed by atoms with Crippen molar-refractivity contribution in [3.05, 3.63) is 47.5 Å². The van der Waals surface area contributed by atoms with Crippen LogP contribution in [-0.4, -0.2) is 27.4 Å². The molecule has 1 amide bonds. The van der Waals surface area contributed by atoms with Gasteiger partial charge in [-0.15, -0.1) is 0 Å². The third kappa shape index (κ3) is 3.22. The maximum Gasteiger partial charge on any atom is 0.258 e. The smallest absolute Gasteiger partial charge is 0.258 e. The predicted molar refractivity (Wildman–Crippen MR) is 71.5 cm³/mol. The lowest BCUT2D eigenvalue weighted by molar-refractivity contribution is 0.102. The van der Waals surface area contributed by atoms with Gasteiger partial charge in [0.1, 0.15) is 12.4 Å². The fourth-order valence-electron chi connectivity index (χ4n) is 1.60. The molecule has 0 unspecified atom stereocenters. The highest BCUT2D eigenvalue weighted by atomic mass is 19.1. The summed E-state index contributed by atoms with van der Waals surface area (Å²) >= 11 is 0. The summed E-state index contributed by atoms with van der Waals surface area (Å²) < 4.78 is 14.7. The van der Waals surface area contributed by atoms with E-state index in [1.165, 1.54) is 29.1 Å². The first-order valence-electron chi connectivity index (χ1n) is 5.79. The fraction of sp³-hybridized carbons (Fsp3) is 0.143. The molecule has 0 aliphatic heterocycles. The Hall–Kier alpha value is -2.65. The number of hydrogen-bond acceptors (Lipinski definition) is 3. The van der Waals surface area contributed by atoms with Crippen molar-refractivity contribution in [2.24, 2.45) is 7.05 Å². The summed E-state index contributed by atoms with van der Waals surface area (Å²) in [7, 11) is 1.70. The highest BCUT2D eigenvalue weighted by Crippen LogP contribution is 2.17. The lowest BCUT2D eigenvalue weighted by atomic mass is 10.1. The Kier molecular flexibility index (Phi) is 4.13. The quantitative estimate of drug-likeness (QED) is 0.807. The van der Waals surface area contributed by atoms with Crippen molar-refractivity contribution in [3.63, 3.8) is 0 Å². The lowest BCUT2D eigenvalue weighted by Crippen LogP contribution is -2.12. The number of aromatic nitrogens is 2. The van der Waals surface area contributed by atoms with Gasteiger partial charge in [-0.25, -0.2) is 4.39 Å². The number of anilines is 1. The molecule has 2 rings (SSSR count). The van der Waals surface area contributed by atoms with Gasteiger partial charge >= 0.3 is 0 Å². The highest BCUT2D eigenvalue weighted by Gasteiger charge is 2.10. The summed E-state index contributed by atoms with van der Waals surface area (Å²) in [5.41, 5.74) is 1.07. The van der Waals surface area contributed by atoms with Gasteiger partial charge in [0.15, 0.2) is 0 Å². The molecule has 0 saturated heterocycles. The van der Waals surface area contributed by atoms with E-state index in [9.17, 15) is 9.18 Å². The Balaban J connectivity index is 2.26. The Morgan fingerprint density at radius 1 is 1.55 bits per heavy atom. The predicted octanol–water partition coefficient (Wildman–Crippen LogP) is 1.16. The first-order valence-corrected chi connectivity index (χ1v) is 5.79. The van der Waals surface area contributed by atoms with E-state index in [-0.39, 0.29) is 12.5 Å². The Morgan fingerprint density at radius 3 is 3.00 bits per heavy atom. The molecule has 0 aliphatic carbocycles. The van der Waals surface area contributed by atoms with Crippen LogP contribution in [0.5, 0.6) is 0 Å². The maximum absolute atomic E-state index is 13.2. The van der Waals surface area contributed by atoms with Crippen molar-refractivity contribution < 1.29 is 14.3 Å². The molecule has 2 aromatic rings. The second-order valence-corrected chi connectivity index (χ2v) is 4.01. The average molecular weight is 273 g/mol. The van der Waals surface area contributed by atoms with Crippen molar-refractivity contribution in [2.75, 3.05) is 11.9 Å². The minimum Gasteiger partial charge on any atom is -0.384 e. The van der Waals surface area contributed by atoms with Gasteiger partial charge in [-0.05, 0) is 18.2 Å². The van der Waals surface area contributed by atoms with Crippen LogP contribution >= 0.6 is 0 Å². The number of nitrogens with one attached hydrogen (secondary N) is 1. The molecule has 0 saturated carbocycles.